The average Bonchev–Trinajstić information content (AvgIpc) is 2.67. The maximum atomic E-state index is 13.5. The van der Waals surface area contributed by atoms with Crippen molar-refractivity contribution in [1.29, 1.82) is 0 Å². The smallest absolute Gasteiger partial charge is 0.251 e. The molecule has 0 saturated carbocycles. The fourth-order valence-electron chi connectivity index (χ4n) is 3.39. The van der Waals surface area contributed by atoms with E-state index in [1.165, 1.54) is 37.1 Å². The predicted octanol–water partition coefficient (Wildman–Crippen LogP) is 4.52. The van der Waals surface area contributed by atoms with Crippen molar-refractivity contribution in [3.8, 4) is 0 Å². The summed E-state index contributed by atoms with van der Waals surface area (Å²) in [6, 6.07) is 14.4. The molecule has 1 saturated heterocycles. The van der Waals surface area contributed by atoms with Gasteiger partial charge in [0.1, 0.15) is 5.82 Å². The zero-order valence-electron chi connectivity index (χ0n) is 15.6. The first-order chi connectivity index (χ1) is 12.5. The van der Waals surface area contributed by atoms with Crippen LogP contribution >= 0.6 is 0 Å². The number of nitrogens with zero attached hydrogens (tertiary/aromatic N) is 1. The van der Waals surface area contributed by atoms with Crippen LogP contribution in [0.1, 0.15) is 49.0 Å². The molecule has 0 atom stereocenters. The first-order valence-electron chi connectivity index (χ1n) is 9.35. The molecule has 1 N–H and O–H groups in total. The van der Waals surface area contributed by atoms with E-state index in [1.54, 1.807) is 6.07 Å². The lowest BCUT2D eigenvalue weighted by atomic mass is 9.84. The highest BCUT2D eigenvalue weighted by atomic mass is 19.1. The second-order valence-corrected chi connectivity index (χ2v) is 7.67. The van der Waals surface area contributed by atoms with E-state index in [4.69, 9.17) is 0 Å². The summed E-state index contributed by atoms with van der Waals surface area (Å²) in [5.74, 6) is -0.352. The summed E-state index contributed by atoms with van der Waals surface area (Å²) in [4.78, 5) is 14.9. The predicted molar refractivity (Wildman–Crippen MR) is 104 cm³/mol. The van der Waals surface area contributed by atoms with Crippen molar-refractivity contribution in [2.45, 2.75) is 38.5 Å². The lowest BCUT2D eigenvalue weighted by Crippen LogP contribution is -2.36. The zero-order chi connectivity index (χ0) is 18.6. The molecular weight excluding hydrogens is 327 g/mol. The molecule has 1 fully saturated rings. The minimum absolute atomic E-state index is 0.0975. The molecule has 4 heteroatoms. The maximum Gasteiger partial charge on any atom is 0.251 e. The van der Waals surface area contributed by atoms with Gasteiger partial charge in [-0.05, 0) is 61.2 Å². The molecule has 1 heterocycles. The van der Waals surface area contributed by atoms with Gasteiger partial charge in [-0.25, -0.2) is 4.39 Å². The van der Waals surface area contributed by atoms with Gasteiger partial charge in [-0.1, -0.05) is 26.0 Å². The molecule has 0 aromatic heterocycles. The van der Waals surface area contributed by atoms with Gasteiger partial charge in [0.2, 0.25) is 0 Å². The minimum atomic E-state index is -0.342. The summed E-state index contributed by atoms with van der Waals surface area (Å²) in [6.45, 7) is 6.63. The van der Waals surface area contributed by atoms with Gasteiger partial charge < -0.3 is 10.2 Å². The Kier molecular flexibility index (Phi) is 5.60. The number of anilines is 1. The van der Waals surface area contributed by atoms with Gasteiger partial charge in [0.25, 0.3) is 5.91 Å². The highest BCUT2D eigenvalue weighted by Gasteiger charge is 2.22. The molecule has 0 radical (unpaired) electrons. The fraction of sp³-hybridized carbons (Fsp3) is 0.409. The third kappa shape index (κ3) is 4.43. The Morgan fingerprint density at radius 2 is 1.77 bits per heavy atom. The third-order valence-electron chi connectivity index (χ3n) is 5.15. The number of halogens is 1. The van der Waals surface area contributed by atoms with E-state index in [0.29, 0.717) is 12.1 Å². The van der Waals surface area contributed by atoms with Crippen molar-refractivity contribution >= 4 is 11.6 Å². The van der Waals surface area contributed by atoms with Crippen LogP contribution in [0.2, 0.25) is 0 Å². The Morgan fingerprint density at radius 1 is 1.08 bits per heavy atom. The number of carbonyl (C=O) groups excluding carboxylic acids is 1. The number of hydrogen-bond acceptors (Lipinski definition) is 2. The van der Waals surface area contributed by atoms with Crippen molar-refractivity contribution in [2.24, 2.45) is 0 Å². The number of nitrogens with one attached hydrogen (secondary N) is 1. The molecule has 3 rings (SSSR count). The number of benzene rings is 2. The van der Waals surface area contributed by atoms with Crippen molar-refractivity contribution in [2.75, 3.05) is 24.5 Å². The van der Waals surface area contributed by atoms with Gasteiger partial charge in [-0.15, -0.1) is 0 Å². The molecule has 1 aliphatic heterocycles. The molecule has 138 valence electrons. The van der Waals surface area contributed by atoms with E-state index < -0.39 is 0 Å². The minimum Gasteiger partial charge on any atom is -0.372 e. The number of piperidine rings is 1. The Hall–Kier alpha value is -2.36. The Morgan fingerprint density at radius 3 is 2.42 bits per heavy atom. The molecule has 3 nitrogen and oxygen atoms in total. The highest BCUT2D eigenvalue weighted by molar-refractivity contribution is 5.94. The molecule has 2 aromatic rings. The highest BCUT2D eigenvalue weighted by Crippen LogP contribution is 2.23. The molecular formula is C22H27FN2O. The van der Waals surface area contributed by atoms with Crippen molar-refractivity contribution in [3.63, 3.8) is 0 Å². The van der Waals surface area contributed by atoms with Crippen LogP contribution in [0.25, 0.3) is 0 Å². The number of carbonyl (C=O) groups is 1. The summed E-state index contributed by atoms with van der Waals surface area (Å²) >= 11 is 0. The molecule has 26 heavy (non-hydrogen) atoms. The number of hydrogen-bond donors (Lipinski definition) is 1. The topological polar surface area (TPSA) is 32.3 Å². The summed E-state index contributed by atoms with van der Waals surface area (Å²) in [5.41, 5.74) is 2.37. The first kappa shape index (κ1) is 18.4. The molecule has 1 aliphatic rings. The van der Waals surface area contributed by atoms with Crippen LogP contribution in [0, 0.1) is 5.82 Å². The van der Waals surface area contributed by atoms with E-state index in [2.05, 4.69) is 10.2 Å². The van der Waals surface area contributed by atoms with Crippen molar-refractivity contribution < 1.29 is 9.18 Å². The Balaban J connectivity index is 1.60. The first-order valence-corrected chi connectivity index (χ1v) is 9.35. The third-order valence-corrected chi connectivity index (χ3v) is 5.15. The zero-order valence-corrected chi connectivity index (χ0v) is 15.6. The van der Waals surface area contributed by atoms with Crippen LogP contribution in [-0.4, -0.2) is 25.5 Å². The summed E-state index contributed by atoms with van der Waals surface area (Å²) in [6.07, 6.45) is 3.77. The second-order valence-electron chi connectivity index (χ2n) is 7.67. The van der Waals surface area contributed by atoms with E-state index >= 15 is 0 Å². The van der Waals surface area contributed by atoms with Crippen LogP contribution in [0.15, 0.2) is 48.5 Å². The van der Waals surface area contributed by atoms with Crippen LogP contribution in [0.3, 0.4) is 0 Å². The second kappa shape index (κ2) is 7.90. The molecule has 0 spiro atoms. The Labute approximate surface area is 155 Å². The van der Waals surface area contributed by atoms with E-state index in [9.17, 15) is 9.18 Å². The normalized spacial score (nSPS) is 15.0. The van der Waals surface area contributed by atoms with Crippen LogP contribution in [0.5, 0.6) is 0 Å². The SMILES string of the molecule is CC(C)(CNC(=O)c1ccc(N2CCCCC2)cc1)c1cccc(F)c1. The number of amides is 1. The summed E-state index contributed by atoms with van der Waals surface area (Å²) in [7, 11) is 0. The van der Waals surface area contributed by atoms with E-state index in [0.717, 1.165) is 18.7 Å². The van der Waals surface area contributed by atoms with Crippen LogP contribution in [-0.2, 0) is 5.41 Å². The quantitative estimate of drug-likeness (QED) is 0.856. The summed E-state index contributed by atoms with van der Waals surface area (Å²) in [5, 5.41) is 2.98. The molecule has 0 aliphatic carbocycles. The van der Waals surface area contributed by atoms with Gasteiger partial charge in [0.05, 0.1) is 0 Å². The lowest BCUT2D eigenvalue weighted by molar-refractivity contribution is 0.0945. The van der Waals surface area contributed by atoms with Crippen molar-refractivity contribution in [1.82, 2.24) is 5.32 Å². The van der Waals surface area contributed by atoms with Gasteiger partial charge in [0, 0.05) is 36.3 Å². The fourth-order valence-corrected chi connectivity index (χ4v) is 3.39. The molecule has 2 aromatic carbocycles. The average molecular weight is 354 g/mol. The largest absolute Gasteiger partial charge is 0.372 e. The monoisotopic (exact) mass is 354 g/mol. The van der Waals surface area contributed by atoms with Crippen LogP contribution in [0.4, 0.5) is 10.1 Å². The lowest BCUT2D eigenvalue weighted by Gasteiger charge is -2.29. The standard InChI is InChI=1S/C22H27FN2O/c1-22(2,18-7-6-8-19(23)15-18)16-24-21(26)17-9-11-20(12-10-17)25-13-4-3-5-14-25/h6-12,15H,3-5,13-14,16H2,1-2H3,(H,24,26). The summed E-state index contributed by atoms with van der Waals surface area (Å²) < 4.78 is 13.5. The molecule has 0 bridgehead atoms. The molecule has 1 amide bonds. The van der Waals surface area contributed by atoms with E-state index in [-0.39, 0.29) is 17.1 Å². The van der Waals surface area contributed by atoms with Gasteiger partial charge in [-0.2, -0.15) is 0 Å². The van der Waals surface area contributed by atoms with E-state index in [1.807, 2.05) is 44.2 Å². The maximum absolute atomic E-state index is 13.5. The van der Waals surface area contributed by atoms with Gasteiger partial charge in [0.15, 0.2) is 0 Å². The molecule has 0 unspecified atom stereocenters. The van der Waals surface area contributed by atoms with Crippen LogP contribution < -0.4 is 10.2 Å². The van der Waals surface area contributed by atoms with Crippen molar-refractivity contribution in [3.05, 3.63) is 65.5 Å². The number of rotatable bonds is 5. The van der Waals surface area contributed by atoms with Gasteiger partial charge >= 0.3 is 0 Å². The Bertz CT molecular complexity index is 749. The van der Waals surface area contributed by atoms with Gasteiger partial charge in [-0.3, -0.25) is 4.79 Å².